The van der Waals surface area contributed by atoms with Crippen LogP contribution in [-0.4, -0.2) is 19.7 Å². The van der Waals surface area contributed by atoms with Gasteiger partial charge in [-0.25, -0.2) is 4.79 Å². The number of esters is 1. The lowest BCUT2D eigenvalue weighted by atomic mass is 9.82. The number of allylic oxidation sites excluding steroid dienone is 2. The first kappa shape index (κ1) is 17.4. The summed E-state index contributed by atoms with van der Waals surface area (Å²) in [6.07, 6.45) is 0. The highest BCUT2D eigenvalue weighted by Gasteiger charge is 2.37. The first-order valence-electron chi connectivity index (χ1n) is 7.55. The Balaban J connectivity index is 2.72. The van der Waals surface area contributed by atoms with Gasteiger partial charge in [0.2, 0.25) is 5.88 Å². The summed E-state index contributed by atoms with van der Waals surface area (Å²) in [5.41, 5.74) is 7.85. The van der Waals surface area contributed by atoms with Gasteiger partial charge >= 0.3 is 5.97 Å². The molecule has 1 unspecified atom stereocenters. The van der Waals surface area contributed by atoms with Gasteiger partial charge in [-0.2, -0.15) is 5.26 Å². The molecule has 1 aliphatic rings. The van der Waals surface area contributed by atoms with E-state index in [9.17, 15) is 10.1 Å². The monoisotopic (exact) mass is 328 g/mol. The van der Waals surface area contributed by atoms with Crippen molar-refractivity contribution in [2.24, 2.45) is 5.73 Å². The van der Waals surface area contributed by atoms with Crippen molar-refractivity contribution < 1.29 is 19.0 Å². The molecule has 2 N–H and O–H groups in total. The molecule has 2 rings (SSSR count). The number of carbonyl (C=O) groups is 1. The first-order valence-corrected chi connectivity index (χ1v) is 7.55. The molecule has 6 heteroatoms. The topological polar surface area (TPSA) is 94.6 Å². The third-order valence-corrected chi connectivity index (χ3v) is 3.86. The second-order valence-corrected chi connectivity index (χ2v) is 5.31. The van der Waals surface area contributed by atoms with E-state index >= 15 is 0 Å². The highest BCUT2D eigenvalue weighted by atomic mass is 16.5. The molecule has 1 atom stereocenters. The summed E-state index contributed by atoms with van der Waals surface area (Å²) in [4.78, 5) is 12.5. The maximum Gasteiger partial charge on any atom is 0.338 e. The van der Waals surface area contributed by atoms with Crippen LogP contribution in [0.3, 0.4) is 0 Å². The fourth-order valence-corrected chi connectivity index (χ4v) is 2.85. The van der Waals surface area contributed by atoms with Gasteiger partial charge in [0, 0.05) is 5.56 Å². The normalized spacial score (nSPS) is 17.2. The number of hydrogen-bond acceptors (Lipinski definition) is 6. The molecular weight excluding hydrogens is 308 g/mol. The second kappa shape index (κ2) is 7.09. The minimum absolute atomic E-state index is 0.0170. The van der Waals surface area contributed by atoms with Crippen molar-refractivity contribution in [1.29, 1.82) is 5.26 Å². The van der Waals surface area contributed by atoms with Crippen molar-refractivity contribution in [3.8, 4) is 11.8 Å². The Morgan fingerprint density at radius 1 is 1.42 bits per heavy atom. The summed E-state index contributed by atoms with van der Waals surface area (Å²) >= 11 is 0. The van der Waals surface area contributed by atoms with E-state index in [4.69, 9.17) is 19.9 Å². The fourth-order valence-electron chi connectivity index (χ4n) is 2.85. The second-order valence-electron chi connectivity index (χ2n) is 5.31. The highest BCUT2D eigenvalue weighted by Crippen LogP contribution is 2.43. The zero-order valence-corrected chi connectivity index (χ0v) is 14.2. The molecule has 1 aliphatic heterocycles. The first-order chi connectivity index (χ1) is 11.5. The fraction of sp³-hybridized carbons (Fsp3) is 0.333. The van der Waals surface area contributed by atoms with E-state index in [0.29, 0.717) is 17.1 Å². The van der Waals surface area contributed by atoms with E-state index in [1.54, 1.807) is 27.0 Å². The van der Waals surface area contributed by atoms with Crippen LogP contribution in [0.4, 0.5) is 0 Å². The molecule has 0 radical (unpaired) electrons. The van der Waals surface area contributed by atoms with Gasteiger partial charge in [-0.05, 0) is 26.3 Å². The molecule has 1 heterocycles. The summed E-state index contributed by atoms with van der Waals surface area (Å²) in [6.45, 7) is 5.45. The number of nitrogens with zero attached hydrogens (tertiary/aromatic N) is 1. The molecule has 0 saturated heterocycles. The van der Waals surface area contributed by atoms with E-state index in [2.05, 4.69) is 6.07 Å². The molecule has 0 fully saturated rings. The Hall–Kier alpha value is -2.94. The van der Waals surface area contributed by atoms with E-state index in [1.165, 1.54) is 0 Å². The van der Waals surface area contributed by atoms with Gasteiger partial charge in [0.25, 0.3) is 0 Å². The summed E-state index contributed by atoms with van der Waals surface area (Å²) in [5.74, 6) is -0.337. The number of nitrogens with two attached hydrogens (primary N) is 1. The number of ether oxygens (including phenoxy) is 3. The molecule has 0 amide bonds. The SMILES string of the molecule is CCOC(=O)C1=C(C)OC(N)=C(C#N)C1c1cccc(C)c1OC. The predicted octanol–water partition coefficient (Wildman–Crippen LogP) is 2.65. The molecule has 1 aromatic carbocycles. The Morgan fingerprint density at radius 2 is 2.12 bits per heavy atom. The van der Waals surface area contributed by atoms with Crippen molar-refractivity contribution in [3.05, 3.63) is 52.1 Å². The number of methoxy groups -OCH3 is 1. The van der Waals surface area contributed by atoms with Crippen LogP contribution < -0.4 is 10.5 Å². The Labute approximate surface area is 141 Å². The van der Waals surface area contributed by atoms with Gasteiger partial charge < -0.3 is 19.9 Å². The lowest BCUT2D eigenvalue weighted by molar-refractivity contribution is -0.139. The quantitative estimate of drug-likeness (QED) is 0.854. The van der Waals surface area contributed by atoms with Crippen molar-refractivity contribution >= 4 is 5.97 Å². The number of para-hydroxylation sites is 1. The summed E-state index contributed by atoms with van der Waals surface area (Å²) in [7, 11) is 1.55. The molecule has 0 aliphatic carbocycles. The zero-order chi connectivity index (χ0) is 17.9. The third-order valence-electron chi connectivity index (χ3n) is 3.86. The molecule has 1 aromatic rings. The van der Waals surface area contributed by atoms with Gasteiger partial charge in [-0.15, -0.1) is 0 Å². The zero-order valence-electron chi connectivity index (χ0n) is 14.2. The van der Waals surface area contributed by atoms with Crippen molar-refractivity contribution in [1.82, 2.24) is 0 Å². The number of carbonyl (C=O) groups excluding carboxylic acids is 1. The van der Waals surface area contributed by atoms with Crippen molar-refractivity contribution in [2.75, 3.05) is 13.7 Å². The van der Waals surface area contributed by atoms with Gasteiger partial charge in [0.05, 0.1) is 25.2 Å². The number of aryl methyl sites for hydroxylation is 1. The largest absolute Gasteiger partial charge is 0.496 e. The van der Waals surface area contributed by atoms with Crippen LogP contribution in [0.1, 0.15) is 30.9 Å². The number of rotatable bonds is 4. The van der Waals surface area contributed by atoms with E-state index in [1.807, 2.05) is 19.1 Å². The standard InChI is InChI=1S/C18H20N2O4/c1-5-23-18(21)14-11(3)24-17(20)13(9-19)15(14)12-8-6-7-10(2)16(12)22-4/h6-8,15H,5,20H2,1-4H3. The Morgan fingerprint density at radius 3 is 2.71 bits per heavy atom. The lowest BCUT2D eigenvalue weighted by Crippen LogP contribution is -2.26. The van der Waals surface area contributed by atoms with Crippen molar-refractivity contribution in [3.63, 3.8) is 0 Å². The van der Waals surface area contributed by atoms with E-state index in [-0.39, 0.29) is 23.6 Å². The van der Waals surface area contributed by atoms with Gasteiger partial charge in [-0.3, -0.25) is 0 Å². The van der Waals surface area contributed by atoms with Crippen LogP contribution in [0.15, 0.2) is 41.0 Å². The summed E-state index contributed by atoms with van der Waals surface area (Å²) < 4.78 is 16.0. The molecule has 126 valence electrons. The van der Waals surface area contributed by atoms with Gasteiger partial charge in [-0.1, -0.05) is 18.2 Å². The third kappa shape index (κ3) is 2.93. The number of hydrogen-bond donors (Lipinski definition) is 1. The van der Waals surface area contributed by atoms with Crippen LogP contribution in [0.2, 0.25) is 0 Å². The molecule has 0 spiro atoms. The number of nitriles is 1. The maximum absolute atomic E-state index is 12.5. The highest BCUT2D eigenvalue weighted by molar-refractivity contribution is 5.92. The minimum atomic E-state index is -0.697. The number of benzene rings is 1. The van der Waals surface area contributed by atoms with E-state index < -0.39 is 11.9 Å². The molecule has 24 heavy (non-hydrogen) atoms. The Bertz CT molecular complexity index is 772. The van der Waals surface area contributed by atoms with Gasteiger partial charge in [0.1, 0.15) is 23.2 Å². The van der Waals surface area contributed by atoms with E-state index in [0.717, 1.165) is 5.56 Å². The Kier molecular flexibility index (Phi) is 5.14. The van der Waals surface area contributed by atoms with Crippen LogP contribution in [0.25, 0.3) is 0 Å². The average Bonchev–Trinajstić information content (AvgIpc) is 2.54. The van der Waals surface area contributed by atoms with Crippen LogP contribution in [0.5, 0.6) is 5.75 Å². The lowest BCUT2D eigenvalue weighted by Gasteiger charge is -2.28. The predicted molar refractivity (Wildman–Crippen MR) is 87.7 cm³/mol. The summed E-state index contributed by atoms with van der Waals surface area (Å²) in [6, 6.07) is 7.59. The van der Waals surface area contributed by atoms with Crippen molar-refractivity contribution in [2.45, 2.75) is 26.7 Å². The smallest absolute Gasteiger partial charge is 0.338 e. The maximum atomic E-state index is 12.5. The minimum Gasteiger partial charge on any atom is -0.496 e. The van der Waals surface area contributed by atoms with Crippen LogP contribution >= 0.6 is 0 Å². The molecule has 6 nitrogen and oxygen atoms in total. The van der Waals surface area contributed by atoms with Crippen LogP contribution in [0, 0.1) is 18.3 Å². The van der Waals surface area contributed by atoms with Gasteiger partial charge in [0.15, 0.2) is 0 Å². The van der Waals surface area contributed by atoms with Crippen LogP contribution in [-0.2, 0) is 14.3 Å². The molecule has 0 aromatic heterocycles. The average molecular weight is 328 g/mol. The summed E-state index contributed by atoms with van der Waals surface area (Å²) in [5, 5.41) is 9.56. The molecule has 0 bridgehead atoms. The molecular formula is C18H20N2O4. The molecule has 0 saturated carbocycles.